The summed E-state index contributed by atoms with van der Waals surface area (Å²) in [7, 11) is -3.13. The Balaban J connectivity index is 1.90. The van der Waals surface area contributed by atoms with Crippen molar-refractivity contribution < 1.29 is 31.1 Å². The first-order valence-corrected chi connectivity index (χ1v) is 12.3. The van der Waals surface area contributed by atoms with Gasteiger partial charge in [0, 0.05) is 24.5 Å². The zero-order valence-corrected chi connectivity index (χ0v) is 19.8. The fraction of sp³-hybridized carbons (Fsp3) is 0.545. The molecule has 2 heterocycles. The molecule has 2 aromatic rings. The summed E-state index contributed by atoms with van der Waals surface area (Å²) in [6.45, 7) is 6.50. The van der Waals surface area contributed by atoms with E-state index in [1.807, 2.05) is 20.8 Å². The van der Waals surface area contributed by atoms with Crippen LogP contribution in [0.4, 0.5) is 13.2 Å². The second-order valence-electron chi connectivity index (χ2n) is 9.32. The van der Waals surface area contributed by atoms with Gasteiger partial charge in [0.05, 0.1) is 17.0 Å². The highest BCUT2D eigenvalue weighted by Gasteiger charge is 2.29. The fourth-order valence-electron chi connectivity index (χ4n) is 3.71. The van der Waals surface area contributed by atoms with Crippen molar-refractivity contribution in [2.75, 3.05) is 31.2 Å². The molecule has 182 valence electrons. The summed E-state index contributed by atoms with van der Waals surface area (Å²) >= 11 is 0. The summed E-state index contributed by atoms with van der Waals surface area (Å²) in [6, 6.07) is 4.20. The van der Waals surface area contributed by atoms with Gasteiger partial charge in [0.2, 0.25) is 0 Å². The minimum Gasteiger partial charge on any atom is -0.484 e. The number of carbonyl (C=O) groups excluding carboxylic acids is 1. The van der Waals surface area contributed by atoms with E-state index < -0.39 is 33.9 Å². The molecule has 1 aliphatic rings. The molecule has 1 aromatic heterocycles. The number of aromatic nitrogens is 1. The first-order valence-electron chi connectivity index (χ1n) is 10.5. The van der Waals surface area contributed by atoms with Crippen LogP contribution in [0.15, 0.2) is 18.2 Å². The van der Waals surface area contributed by atoms with Crippen LogP contribution in [0.1, 0.15) is 42.4 Å². The number of pyridine rings is 1. The summed E-state index contributed by atoms with van der Waals surface area (Å²) in [5.41, 5.74) is 1.48. The molecule has 0 radical (unpaired) electrons. The van der Waals surface area contributed by atoms with Gasteiger partial charge in [-0.3, -0.25) is 4.79 Å². The van der Waals surface area contributed by atoms with Crippen molar-refractivity contribution in [1.82, 2.24) is 15.6 Å². The first-order chi connectivity index (χ1) is 15.1. The zero-order chi connectivity index (χ0) is 24.6. The topological polar surface area (TPSA) is 97.4 Å². The molecule has 2 N–H and O–H groups in total. The number of sulfone groups is 1. The number of halogens is 3. The Morgan fingerprint density at radius 3 is 2.55 bits per heavy atom. The van der Waals surface area contributed by atoms with E-state index in [2.05, 4.69) is 15.6 Å². The molecule has 0 saturated carbocycles. The Kier molecular flexibility index (Phi) is 6.95. The number of carbonyl (C=O) groups is 1. The predicted octanol–water partition coefficient (Wildman–Crippen LogP) is 2.90. The molecule has 1 saturated heterocycles. The number of aryl methyl sites for hydroxylation is 1. The molecule has 1 aromatic carbocycles. The predicted molar refractivity (Wildman–Crippen MR) is 120 cm³/mol. The van der Waals surface area contributed by atoms with Crippen molar-refractivity contribution in [1.29, 1.82) is 0 Å². The first kappa shape index (κ1) is 25.2. The van der Waals surface area contributed by atoms with E-state index in [1.54, 1.807) is 13.0 Å². The van der Waals surface area contributed by atoms with Crippen LogP contribution in [0.3, 0.4) is 0 Å². The number of hydrogen-bond donors (Lipinski definition) is 2. The van der Waals surface area contributed by atoms with E-state index in [4.69, 9.17) is 4.74 Å². The Hall–Kier alpha value is -2.40. The molecular weight excluding hydrogens is 459 g/mol. The highest BCUT2D eigenvalue weighted by Crippen LogP contribution is 2.35. The fourth-order valence-corrected chi connectivity index (χ4v) is 5.15. The average Bonchev–Trinajstić information content (AvgIpc) is 2.68. The van der Waals surface area contributed by atoms with Crippen molar-refractivity contribution in [3.63, 3.8) is 0 Å². The molecule has 0 bridgehead atoms. The summed E-state index contributed by atoms with van der Waals surface area (Å²) in [4.78, 5) is 17.3. The van der Waals surface area contributed by atoms with Gasteiger partial charge >= 0.3 is 6.18 Å². The van der Waals surface area contributed by atoms with Gasteiger partial charge in [-0.25, -0.2) is 13.4 Å². The zero-order valence-electron chi connectivity index (χ0n) is 19.0. The van der Waals surface area contributed by atoms with Crippen LogP contribution in [0.25, 0.3) is 10.9 Å². The smallest absolute Gasteiger partial charge is 0.422 e. The lowest BCUT2D eigenvalue weighted by Crippen LogP contribution is -2.50. The number of alkyl halides is 3. The van der Waals surface area contributed by atoms with E-state index >= 15 is 0 Å². The van der Waals surface area contributed by atoms with Gasteiger partial charge in [-0.1, -0.05) is 20.8 Å². The quantitative estimate of drug-likeness (QED) is 0.673. The molecule has 7 nitrogen and oxygen atoms in total. The van der Waals surface area contributed by atoms with Crippen molar-refractivity contribution in [3.05, 3.63) is 35.0 Å². The third kappa shape index (κ3) is 6.57. The van der Waals surface area contributed by atoms with E-state index in [9.17, 15) is 26.4 Å². The number of amides is 1. The lowest BCUT2D eigenvalue weighted by atomic mass is 9.84. The van der Waals surface area contributed by atoms with Crippen molar-refractivity contribution >= 4 is 26.6 Å². The van der Waals surface area contributed by atoms with Gasteiger partial charge in [-0.2, -0.15) is 13.2 Å². The van der Waals surface area contributed by atoms with E-state index in [-0.39, 0.29) is 35.5 Å². The molecule has 1 fully saturated rings. The van der Waals surface area contributed by atoms with Crippen LogP contribution < -0.4 is 15.4 Å². The number of nitrogens with one attached hydrogen (secondary N) is 2. The molecule has 1 unspecified atom stereocenters. The molecule has 0 spiro atoms. The lowest BCUT2D eigenvalue weighted by Gasteiger charge is -2.24. The molecule has 11 heteroatoms. The largest absolute Gasteiger partial charge is 0.484 e. The summed E-state index contributed by atoms with van der Waals surface area (Å²) in [5, 5.41) is 6.39. The van der Waals surface area contributed by atoms with Gasteiger partial charge in [-0.15, -0.1) is 0 Å². The molecule has 1 aliphatic heterocycles. The molecule has 0 aliphatic carbocycles. The lowest BCUT2D eigenvalue weighted by molar-refractivity contribution is -0.153. The normalized spacial score (nSPS) is 18.8. The molecule has 33 heavy (non-hydrogen) atoms. The van der Waals surface area contributed by atoms with Crippen LogP contribution in [-0.2, 0) is 15.3 Å². The SMILES string of the molecule is Cc1cc(C(=O)NCC2CS(=O)(=O)CCN2)nc2c(C(C)(C)C)cc(OCC(F)(F)F)cc12. The van der Waals surface area contributed by atoms with Gasteiger partial charge in [-0.05, 0) is 41.7 Å². The Morgan fingerprint density at radius 1 is 1.24 bits per heavy atom. The minimum atomic E-state index is -4.46. The van der Waals surface area contributed by atoms with Crippen LogP contribution in [0.2, 0.25) is 0 Å². The van der Waals surface area contributed by atoms with E-state index in [0.29, 0.717) is 28.6 Å². The van der Waals surface area contributed by atoms with Crippen LogP contribution in [0.5, 0.6) is 5.75 Å². The van der Waals surface area contributed by atoms with Crippen molar-refractivity contribution in [2.45, 2.75) is 45.3 Å². The maximum absolute atomic E-state index is 12.8. The summed E-state index contributed by atoms with van der Waals surface area (Å²) in [5.74, 6) is -0.349. The van der Waals surface area contributed by atoms with Gasteiger partial charge in [0.1, 0.15) is 11.4 Å². The summed E-state index contributed by atoms with van der Waals surface area (Å²) < 4.78 is 66.5. The monoisotopic (exact) mass is 487 g/mol. The molecule has 3 rings (SSSR count). The van der Waals surface area contributed by atoms with Crippen LogP contribution in [0, 0.1) is 6.92 Å². The Morgan fingerprint density at radius 2 is 1.94 bits per heavy atom. The van der Waals surface area contributed by atoms with E-state index in [1.165, 1.54) is 12.1 Å². The number of rotatable bonds is 5. The van der Waals surface area contributed by atoms with Gasteiger partial charge < -0.3 is 15.4 Å². The Labute approximate surface area is 191 Å². The third-order valence-electron chi connectivity index (χ3n) is 5.35. The number of hydrogen-bond acceptors (Lipinski definition) is 6. The minimum absolute atomic E-state index is 0.0493. The average molecular weight is 488 g/mol. The van der Waals surface area contributed by atoms with Gasteiger partial charge in [0.15, 0.2) is 16.4 Å². The Bertz CT molecular complexity index is 1160. The standard InChI is InChI=1S/C22H28F3N3O4S/c1-13-7-18(20(29)27-10-14-11-33(30,31)6-5-26-14)28-19-16(13)8-15(32-12-22(23,24)25)9-17(19)21(2,3)4/h7-9,14,26H,5-6,10-12H2,1-4H3,(H,27,29). The molecule has 1 amide bonds. The second kappa shape index (κ2) is 9.09. The number of nitrogens with zero attached hydrogens (tertiary/aromatic N) is 1. The molecule has 1 atom stereocenters. The maximum atomic E-state index is 12.8. The van der Waals surface area contributed by atoms with Crippen LogP contribution in [-0.4, -0.2) is 62.7 Å². The summed E-state index contributed by atoms with van der Waals surface area (Å²) in [6.07, 6.45) is -4.46. The van der Waals surface area contributed by atoms with Gasteiger partial charge in [0.25, 0.3) is 5.91 Å². The highest BCUT2D eigenvalue weighted by atomic mass is 32.2. The number of ether oxygens (including phenoxy) is 1. The highest BCUT2D eigenvalue weighted by molar-refractivity contribution is 7.91. The van der Waals surface area contributed by atoms with Crippen LogP contribution >= 0.6 is 0 Å². The third-order valence-corrected chi connectivity index (χ3v) is 7.08. The van der Waals surface area contributed by atoms with E-state index in [0.717, 1.165) is 0 Å². The van der Waals surface area contributed by atoms with Crippen molar-refractivity contribution in [2.24, 2.45) is 0 Å². The number of fused-ring (bicyclic) bond motifs is 1. The number of benzene rings is 1. The second-order valence-corrected chi connectivity index (χ2v) is 11.5. The maximum Gasteiger partial charge on any atom is 0.422 e. The van der Waals surface area contributed by atoms with Crippen molar-refractivity contribution in [3.8, 4) is 5.75 Å². The molecular formula is C22H28F3N3O4S.